The monoisotopic (exact) mass is 290 g/mol. The maximum Gasteiger partial charge on any atom is 0.0797 e. The first-order chi connectivity index (χ1) is 9.62. The molecule has 3 atom stereocenters. The lowest BCUT2D eigenvalue weighted by Crippen LogP contribution is -2.39. The lowest BCUT2D eigenvalue weighted by Gasteiger charge is -2.50. The normalized spacial score (nSPS) is 35.0. The fraction of sp³-hybridized carbons (Fsp3) is 0.800. The van der Waals surface area contributed by atoms with Crippen LogP contribution in [0.3, 0.4) is 0 Å². The molecular formula is C20H34O. The van der Waals surface area contributed by atoms with Crippen molar-refractivity contribution in [1.82, 2.24) is 0 Å². The van der Waals surface area contributed by atoms with E-state index in [0.29, 0.717) is 11.3 Å². The second kappa shape index (κ2) is 5.57. The third kappa shape index (κ3) is 3.13. The topological polar surface area (TPSA) is 20.2 Å². The molecule has 2 aliphatic carbocycles. The Morgan fingerprint density at radius 2 is 1.95 bits per heavy atom. The van der Waals surface area contributed by atoms with Gasteiger partial charge in [-0.15, -0.1) is 6.58 Å². The van der Waals surface area contributed by atoms with E-state index in [1.807, 2.05) is 6.92 Å². The van der Waals surface area contributed by atoms with Crippen LogP contribution in [-0.2, 0) is 0 Å². The highest BCUT2D eigenvalue weighted by Gasteiger charge is 2.44. The lowest BCUT2D eigenvalue weighted by atomic mass is 9.55. The van der Waals surface area contributed by atoms with Gasteiger partial charge in [-0.05, 0) is 68.6 Å². The zero-order valence-electron chi connectivity index (χ0n) is 14.8. The summed E-state index contributed by atoms with van der Waals surface area (Å²) in [5.74, 6) is 0.714. The molecule has 0 radical (unpaired) electrons. The molecule has 1 N–H and O–H groups in total. The number of hydrogen-bond donors (Lipinski definition) is 1. The number of allylic oxidation sites excluding steroid dienone is 2. The Kier molecular flexibility index (Phi) is 4.46. The molecule has 1 heteroatoms. The smallest absolute Gasteiger partial charge is 0.0797 e. The predicted octanol–water partition coefficient (Wildman–Crippen LogP) is 5.65. The Morgan fingerprint density at radius 1 is 1.29 bits per heavy atom. The molecule has 2 aliphatic rings. The largest absolute Gasteiger partial charge is 0.386 e. The SMILES string of the molecule is C=C[C@@](C)(O)CC[C@@]1(C)C2=C(CC[C@@H]1C)C(C)(C)CCC2. The molecule has 0 fully saturated rings. The van der Waals surface area contributed by atoms with Gasteiger partial charge in [0.05, 0.1) is 5.60 Å². The van der Waals surface area contributed by atoms with E-state index in [9.17, 15) is 5.11 Å². The molecular weight excluding hydrogens is 256 g/mol. The molecule has 0 saturated carbocycles. The Balaban J connectivity index is 2.32. The highest BCUT2D eigenvalue weighted by atomic mass is 16.3. The van der Waals surface area contributed by atoms with E-state index in [1.165, 1.54) is 32.1 Å². The highest BCUT2D eigenvalue weighted by Crippen LogP contribution is 2.56. The van der Waals surface area contributed by atoms with Crippen LogP contribution in [0.5, 0.6) is 0 Å². The van der Waals surface area contributed by atoms with Crippen molar-refractivity contribution in [2.45, 2.75) is 85.2 Å². The van der Waals surface area contributed by atoms with E-state index < -0.39 is 5.60 Å². The van der Waals surface area contributed by atoms with Crippen LogP contribution >= 0.6 is 0 Å². The third-order valence-corrected chi connectivity index (χ3v) is 6.60. The average molecular weight is 290 g/mol. The van der Waals surface area contributed by atoms with Crippen molar-refractivity contribution in [3.8, 4) is 0 Å². The summed E-state index contributed by atoms with van der Waals surface area (Å²) < 4.78 is 0. The molecule has 0 aromatic heterocycles. The first-order valence-electron chi connectivity index (χ1n) is 8.71. The minimum atomic E-state index is -0.731. The van der Waals surface area contributed by atoms with Crippen molar-refractivity contribution >= 4 is 0 Å². The molecule has 0 aromatic rings. The van der Waals surface area contributed by atoms with Gasteiger partial charge in [-0.25, -0.2) is 0 Å². The van der Waals surface area contributed by atoms with E-state index in [-0.39, 0.29) is 5.41 Å². The van der Waals surface area contributed by atoms with Crippen LogP contribution in [0.25, 0.3) is 0 Å². The summed E-state index contributed by atoms with van der Waals surface area (Å²) in [5.41, 5.74) is 3.39. The van der Waals surface area contributed by atoms with E-state index in [4.69, 9.17) is 0 Å². The van der Waals surface area contributed by atoms with Crippen molar-refractivity contribution in [1.29, 1.82) is 0 Å². The summed E-state index contributed by atoms with van der Waals surface area (Å²) in [4.78, 5) is 0. The van der Waals surface area contributed by atoms with Gasteiger partial charge in [0, 0.05) is 0 Å². The van der Waals surface area contributed by atoms with Gasteiger partial charge in [0.15, 0.2) is 0 Å². The van der Waals surface area contributed by atoms with Crippen LogP contribution in [-0.4, -0.2) is 10.7 Å². The van der Waals surface area contributed by atoms with Crippen molar-refractivity contribution < 1.29 is 5.11 Å². The van der Waals surface area contributed by atoms with Gasteiger partial charge in [0.1, 0.15) is 0 Å². The van der Waals surface area contributed by atoms with Gasteiger partial charge in [0.25, 0.3) is 0 Å². The number of aliphatic hydroxyl groups is 1. The maximum atomic E-state index is 10.3. The van der Waals surface area contributed by atoms with E-state index >= 15 is 0 Å². The number of rotatable bonds is 4. The summed E-state index contributed by atoms with van der Waals surface area (Å²) in [7, 11) is 0. The first kappa shape index (κ1) is 16.8. The van der Waals surface area contributed by atoms with Crippen molar-refractivity contribution in [2.24, 2.45) is 16.7 Å². The molecule has 2 rings (SSSR count). The minimum Gasteiger partial charge on any atom is -0.386 e. The second-order valence-corrected chi connectivity index (χ2v) is 8.61. The summed E-state index contributed by atoms with van der Waals surface area (Å²) in [5, 5.41) is 10.3. The van der Waals surface area contributed by atoms with Crippen molar-refractivity contribution in [3.63, 3.8) is 0 Å². The van der Waals surface area contributed by atoms with Gasteiger partial charge in [0.2, 0.25) is 0 Å². The highest BCUT2D eigenvalue weighted by molar-refractivity contribution is 5.32. The van der Waals surface area contributed by atoms with Gasteiger partial charge >= 0.3 is 0 Å². The maximum absolute atomic E-state index is 10.3. The molecule has 0 saturated heterocycles. The van der Waals surface area contributed by atoms with E-state index in [2.05, 4.69) is 34.3 Å². The molecule has 120 valence electrons. The fourth-order valence-electron chi connectivity index (χ4n) is 4.53. The van der Waals surface area contributed by atoms with Crippen LogP contribution in [0.1, 0.15) is 79.6 Å². The first-order valence-corrected chi connectivity index (χ1v) is 8.71. The van der Waals surface area contributed by atoms with E-state index in [0.717, 1.165) is 12.8 Å². The molecule has 0 bridgehead atoms. The standard InChI is InChI=1S/C20H34O/c1-7-19(5,21)13-14-20(6)15(2)10-11-16-17(20)9-8-12-18(16,3)4/h7,15,21H,1,8-14H2,2-6H3/t15-,19+,20+/m0/s1. The summed E-state index contributed by atoms with van der Waals surface area (Å²) in [6.07, 6.45) is 10.1. The Labute approximate surface area is 131 Å². The van der Waals surface area contributed by atoms with Gasteiger partial charge in [-0.1, -0.05) is 44.9 Å². The Morgan fingerprint density at radius 3 is 2.57 bits per heavy atom. The zero-order chi connectivity index (χ0) is 15.9. The van der Waals surface area contributed by atoms with Gasteiger partial charge in [-0.3, -0.25) is 0 Å². The van der Waals surface area contributed by atoms with Crippen LogP contribution in [0.4, 0.5) is 0 Å². The quantitative estimate of drug-likeness (QED) is 0.664. The van der Waals surface area contributed by atoms with Crippen LogP contribution in [0, 0.1) is 16.7 Å². The summed E-state index contributed by atoms with van der Waals surface area (Å²) in [6, 6.07) is 0. The molecule has 21 heavy (non-hydrogen) atoms. The van der Waals surface area contributed by atoms with Crippen LogP contribution in [0.2, 0.25) is 0 Å². The molecule has 0 spiro atoms. The second-order valence-electron chi connectivity index (χ2n) is 8.61. The van der Waals surface area contributed by atoms with Gasteiger partial charge in [-0.2, -0.15) is 0 Å². The number of hydrogen-bond acceptors (Lipinski definition) is 1. The van der Waals surface area contributed by atoms with Crippen LogP contribution < -0.4 is 0 Å². The molecule has 0 unspecified atom stereocenters. The molecule has 0 aromatic carbocycles. The molecule has 0 amide bonds. The zero-order valence-corrected chi connectivity index (χ0v) is 14.8. The summed E-state index contributed by atoms with van der Waals surface area (Å²) in [6.45, 7) is 15.4. The summed E-state index contributed by atoms with van der Waals surface area (Å²) >= 11 is 0. The molecule has 0 aliphatic heterocycles. The van der Waals surface area contributed by atoms with Crippen molar-refractivity contribution in [2.75, 3.05) is 0 Å². The average Bonchev–Trinajstić information content (AvgIpc) is 2.41. The fourth-order valence-corrected chi connectivity index (χ4v) is 4.53. The Bertz CT molecular complexity index is 441. The third-order valence-electron chi connectivity index (χ3n) is 6.60. The van der Waals surface area contributed by atoms with Crippen molar-refractivity contribution in [3.05, 3.63) is 23.8 Å². The molecule has 0 heterocycles. The van der Waals surface area contributed by atoms with E-state index in [1.54, 1.807) is 17.2 Å². The van der Waals surface area contributed by atoms with Crippen LogP contribution in [0.15, 0.2) is 23.8 Å². The Hall–Kier alpha value is -0.560. The molecule has 1 nitrogen and oxygen atoms in total. The van der Waals surface area contributed by atoms with Gasteiger partial charge < -0.3 is 5.11 Å². The minimum absolute atomic E-state index is 0.262. The predicted molar refractivity (Wildman–Crippen MR) is 91.2 cm³/mol. The lowest BCUT2D eigenvalue weighted by molar-refractivity contribution is 0.0711.